The van der Waals surface area contributed by atoms with Crippen LogP contribution in [0.25, 0.3) is 0 Å². The summed E-state index contributed by atoms with van der Waals surface area (Å²) in [5.74, 6) is 2.35. The number of anilines is 1. The highest BCUT2D eigenvalue weighted by molar-refractivity contribution is 8.01. The summed E-state index contributed by atoms with van der Waals surface area (Å²) >= 11 is 7.47. The summed E-state index contributed by atoms with van der Waals surface area (Å²) < 4.78 is 24.2. The molecule has 0 saturated carbocycles. The molecule has 1 atom stereocenters. The Hall–Kier alpha value is -0.460. The van der Waals surface area contributed by atoms with Crippen LogP contribution in [0.15, 0.2) is 18.3 Å². The minimum absolute atomic E-state index is 0.155. The average Bonchev–Trinajstić information content (AvgIpc) is 2.40. The summed E-state index contributed by atoms with van der Waals surface area (Å²) in [4.78, 5) is 6.09. The lowest BCUT2D eigenvalue weighted by atomic mass is 10.4. The Morgan fingerprint density at radius 2 is 2.33 bits per heavy atom. The van der Waals surface area contributed by atoms with Gasteiger partial charge in [0.15, 0.2) is 9.84 Å². The van der Waals surface area contributed by atoms with Crippen LogP contribution in [-0.2, 0) is 9.84 Å². The lowest BCUT2D eigenvalue weighted by Crippen LogP contribution is -2.48. The van der Waals surface area contributed by atoms with Crippen LogP contribution in [0, 0.1) is 0 Å². The fraction of sp³-hybridized carbons (Fsp3) is 0.545. The number of nitrogens with zero attached hydrogens (tertiary/aromatic N) is 2. The zero-order chi connectivity index (χ0) is 13.2. The van der Waals surface area contributed by atoms with Gasteiger partial charge in [-0.05, 0) is 12.1 Å². The third-order valence-electron chi connectivity index (χ3n) is 2.91. The number of rotatable bonds is 3. The topological polar surface area (TPSA) is 50.3 Å². The summed E-state index contributed by atoms with van der Waals surface area (Å²) in [5.41, 5.74) is 0. The normalized spacial score (nSPS) is 21.0. The number of aromatic nitrogens is 1. The molecular formula is C11H15ClN2O2S2. The van der Waals surface area contributed by atoms with Crippen LogP contribution in [0.5, 0.6) is 0 Å². The Labute approximate surface area is 117 Å². The molecule has 0 aliphatic carbocycles. The highest BCUT2D eigenvalue weighted by atomic mass is 35.5. The molecular weight excluding hydrogens is 292 g/mol. The molecule has 0 N–H and O–H groups in total. The maximum Gasteiger partial charge on any atom is 0.171 e. The first-order valence-corrected chi connectivity index (χ1v) is 8.97. The second-order valence-electron chi connectivity index (χ2n) is 4.01. The van der Waals surface area contributed by atoms with Crippen molar-refractivity contribution in [2.45, 2.75) is 12.3 Å². The van der Waals surface area contributed by atoms with Crippen molar-refractivity contribution in [3.8, 4) is 0 Å². The second kappa shape index (κ2) is 5.67. The highest BCUT2D eigenvalue weighted by Crippen LogP contribution is 2.26. The SMILES string of the molecule is CCS(=O)(=O)C1CSCCN1c1ccc(Cl)cn1. The fourth-order valence-corrected chi connectivity index (χ4v) is 4.96. The summed E-state index contributed by atoms with van der Waals surface area (Å²) in [6.07, 6.45) is 1.55. The van der Waals surface area contributed by atoms with E-state index in [1.165, 1.54) is 0 Å². The molecule has 1 aromatic heterocycles. The first kappa shape index (κ1) is 14.0. The lowest BCUT2D eigenvalue weighted by molar-refractivity contribution is 0.579. The molecule has 4 nitrogen and oxygen atoms in total. The summed E-state index contributed by atoms with van der Waals surface area (Å²) in [6, 6.07) is 3.51. The van der Waals surface area contributed by atoms with Crippen LogP contribution >= 0.6 is 23.4 Å². The van der Waals surface area contributed by atoms with E-state index in [0.29, 0.717) is 23.1 Å². The molecule has 0 bridgehead atoms. The van der Waals surface area contributed by atoms with Crippen LogP contribution in [0.1, 0.15) is 6.92 Å². The molecule has 2 rings (SSSR count). The van der Waals surface area contributed by atoms with Crippen LogP contribution in [0.4, 0.5) is 5.82 Å². The van der Waals surface area contributed by atoms with Gasteiger partial charge in [-0.1, -0.05) is 18.5 Å². The molecule has 1 unspecified atom stereocenters. The Morgan fingerprint density at radius 3 is 2.94 bits per heavy atom. The van der Waals surface area contributed by atoms with Crippen molar-refractivity contribution in [1.82, 2.24) is 4.98 Å². The number of pyridine rings is 1. The minimum atomic E-state index is -3.10. The van der Waals surface area contributed by atoms with Gasteiger partial charge in [0.2, 0.25) is 0 Å². The quantitative estimate of drug-likeness (QED) is 0.855. The summed E-state index contributed by atoms with van der Waals surface area (Å²) in [7, 11) is -3.10. The van der Waals surface area contributed by atoms with Crippen molar-refractivity contribution >= 4 is 39.0 Å². The predicted molar refractivity (Wildman–Crippen MR) is 77.2 cm³/mol. The molecule has 0 radical (unpaired) electrons. The van der Waals surface area contributed by atoms with Crippen molar-refractivity contribution in [1.29, 1.82) is 0 Å². The first-order chi connectivity index (χ1) is 8.54. The maximum absolute atomic E-state index is 12.1. The van der Waals surface area contributed by atoms with Gasteiger partial charge in [0.1, 0.15) is 11.2 Å². The molecule has 2 heterocycles. The van der Waals surface area contributed by atoms with Gasteiger partial charge < -0.3 is 4.90 Å². The van der Waals surface area contributed by atoms with Gasteiger partial charge in [0, 0.05) is 30.0 Å². The Kier molecular flexibility index (Phi) is 4.40. The fourth-order valence-electron chi connectivity index (χ4n) is 1.87. The van der Waals surface area contributed by atoms with Crippen molar-refractivity contribution < 1.29 is 8.42 Å². The van der Waals surface area contributed by atoms with Gasteiger partial charge in [-0.25, -0.2) is 13.4 Å². The van der Waals surface area contributed by atoms with E-state index in [-0.39, 0.29) is 5.75 Å². The predicted octanol–water partition coefficient (Wildman–Crippen LogP) is 2.05. The summed E-state index contributed by atoms with van der Waals surface area (Å²) in [5, 5.41) is 0.0787. The molecule has 0 amide bonds. The second-order valence-corrected chi connectivity index (χ2v) is 8.04. The van der Waals surface area contributed by atoms with Crippen molar-refractivity contribution in [2.75, 3.05) is 28.7 Å². The minimum Gasteiger partial charge on any atom is -0.338 e. The van der Waals surface area contributed by atoms with Gasteiger partial charge in [-0.15, -0.1) is 0 Å². The highest BCUT2D eigenvalue weighted by Gasteiger charge is 2.33. The molecule has 7 heteroatoms. The van der Waals surface area contributed by atoms with E-state index in [1.54, 1.807) is 37.0 Å². The van der Waals surface area contributed by atoms with Gasteiger partial charge in [-0.2, -0.15) is 11.8 Å². The van der Waals surface area contributed by atoms with Crippen molar-refractivity contribution in [3.63, 3.8) is 0 Å². The maximum atomic E-state index is 12.1. The molecule has 100 valence electrons. The molecule has 0 aromatic carbocycles. The molecule has 1 aliphatic rings. The number of sulfone groups is 1. The zero-order valence-electron chi connectivity index (χ0n) is 10.0. The van der Waals surface area contributed by atoms with E-state index in [4.69, 9.17) is 11.6 Å². The third-order valence-corrected chi connectivity index (χ3v) is 6.42. The number of hydrogen-bond donors (Lipinski definition) is 0. The van der Waals surface area contributed by atoms with E-state index in [2.05, 4.69) is 4.98 Å². The third kappa shape index (κ3) is 2.92. The van der Waals surface area contributed by atoms with Gasteiger partial charge in [0.05, 0.1) is 5.02 Å². The van der Waals surface area contributed by atoms with E-state index < -0.39 is 15.2 Å². The van der Waals surface area contributed by atoms with E-state index in [0.717, 1.165) is 5.75 Å². The van der Waals surface area contributed by atoms with Crippen molar-refractivity contribution in [3.05, 3.63) is 23.4 Å². The molecule has 0 spiro atoms. The largest absolute Gasteiger partial charge is 0.338 e. The van der Waals surface area contributed by atoms with Gasteiger partial charge in [0.25, 0.3) is 0 Å². The van der Waals surface area contributed by atoms with E-state index >= 15 is 0 Å². The van der Waals surface area contributed by atoms with Crippen molar-refractivity contribution in [2.24, 2.45) is 0 Å². The molecule has 1 aromatic rings. The first-order valence-electron chi connectivity index (χ1n) is 5.72. The molecule has 1 saturated heterocycles. The van der Waals surface area contributed by atoms with Gasteiger partial charge in [-0.3, -0.25) is 0 Å². The van der Waals surface area contributed by atoms with Crippen LogP contribution in [0.3, 0.4) is 0 Å². The van der Waals surface area contributed by atoms with Crippen LogP contribution in [0.2, 0.25) is 5.02 Å². The van der Waals surface area contributed by atoms with Gasteiger partial charge >= 0.3 is 0 Å². The number of hydrogen-bond acceptors (Lipinski definition) is 5. The Balaban J connectivity index is 2.31. The Morgan fingerprint density at radius 1 is 1.56 bits per heavy atom. The number of halogens is 1. The lowest BCUT2D eigenvalue weighted by Gasteiger charge is -2.35. The average molecular weight is 307 g/mol. The Bertz CT molecular complexity index is 504. The molecule has 1 aliphatic heterocycles. The zero-order valence-corrected chi connectivity index (χ0v) is 12.4. The smallest absolute Gasteiger partial charge is 0.171 e. The monoisotopic (exact) mass is 306 g/mol. The van der Waals surface area contributed by atoms with E-state index in [9.17, 15) is 8.42 Å². The molecule has 1 fully saturated rings. The standard InChI is InChI=1S/C11H15ClN2O2S2/c1-2-18(15,16)11-8-17-6-5-14(11)10-4-3-9(12)7-13-10/h3-4,7,11H,2,5-6,8H2,1H3. The summed E-state index contributed by atoms with van der Waals surface area (Å²) in [6.45, 7) is 2.38. The van der Waals surface area contributed by atoms with Crippen LogP contribution in [-0.4, -0.2) is 42.6 Å². The molecule has 18 heavy (non-hydrogen) atoms. The van der Waals surface area contributed by atoms with Crippen LogP contribution < -0.4 is 4.90 Å². The number of thioether (sulfide) groups is 1. The van der Waals surface area contributed by atoms with E-state index in [1.807, 2.05) is 4.90 Å².